The van der Waals surface area contributed by atoms with Gasteiger partial charge in [-0.3, -0.25) is 0 Å². The molecule has 0 aliphatic rings. The van der Waals surface area contributed by atoms with Crippen molar-refractivity contribution in [1.29, 1.82) is 0 Å². The van der Waals surface area contributed by atoms with Crippen LogP contribution in [0.25, 0.3) is 0 Å². The van der Waals surface area contributed by atoms with Gasteiger partial charge in [-0.1, -0.05) is 35.3 Å². The topological polar surface area (TPSA) is 52.0 Å². The highest BCUT2D eigenvalue weighted by atomic mass is 35.5. The first kappa shape index (κ1) is 16.0. The number of benzene rings is 2. The molecule has 2 unspecified atom stereocenters. The molecule has 0 heterocycles. The van der Waals surface area contributed by atoms with Crippen molar-refractivity contribution in [3.63, 3.8) is 0 Å². The van der Waals surface area contributed by atoms with Crippen molar-refractivity contribution in [2.24, 2.45) is 11.5 Å². The Hall–Kier alpha value is -1.43. The van der Waals surface area contributed by atoms with E-state index in [4.69, 9.17) is 23.1 Å². The van der Waals surface area contributed by atoms with E-state index in [9.17, 15) is 8.78 Å². The second-order valence-corrected chi connectivity index (χ2v) is 5.82. The van der Waals surface area contributed by atoms with Gasteiger partial charge in [0.25, 0.3) is 0 Å². The van der Waals surface area contributed by atoms with Crippen molar-refractivity contribution in [2.45, 2.75) is 18.5 Å². The molecule has 2 aromatic carbocycles. The van der Waals surface area contributed by atoms with Crippen molar-refractivity contribution in [1.82, 2.24) is 0 Å². The molecule has 0 saturated heterocycles. The molecule has 0 saturated carbocycles. The summed E-state index contributed by atoms with van der Waals surface area (Å²) in [5.74, 6) is -1.00. The zero-order chi connectivity index (χ0) is 15.8. The summed E-state index contributed by atoms with van der Waals surface area (Å²) in [6.07, 6.45) is 0. The zero-order valence-electron chi connectivity index (χ0n) is 11.8. The molecule has 2 nitrogen and oxygen atoms in total. The molecule has 0 amide bonds. The summed E-state index contributed by atoms with van der Waals surface area (Å²) < 4.78 is 27.7. The molecule has 2 atom stereocenters. The third-order valence-corrected chi connectivity index (χ3v) is 3.96. The van der Waals surface area contributed by atoms with Gasteiger partial charge in [0, 0.05) is 5.56 Å². The molecule has 0 aromatic heterocycles. The van der Waals surface area contributed by atoms with Crippen LogP contribution in [-0.2, 0) is 5.54 Å². The summed E-state index contributed by atoms with van der Waals surface area (Å²) in [7, 11) is 1.79. The van der Waals surface area contributed by atoms with Gasteiger partial charge in [-0.25, -0.2) is 8.78 Å². The van der Waals surface area contributed by atoms with E-state index in [0.717, 1.165) is 5.46 Å². The van der Waals surface area contributed by atoms with Crippen LogP contribution in [-0.4, -0.2) is 7.85 Å². The second-order valence-electron chi connectivity index (χ2n) is 5.42. The van der Waals surface area contributed by atoms with Crippen LogP contribution in [0.2, 0.25) is 5.02 Å². The van der Waals surface area contributed by atoms with Crippen molar-refractivity contribution in [3.05, 3.63) is 64.2 Å². The number of halogens is 3. The molecule has 0 aliphatic heterocycles. The van der Waals surface area contributed by atoms with Gasteiger partial charge in [0.2, 0.25) is 0 Å². The Bertz CT molecular complexity index is 677. The van der Waals surface area contributed by atoms with Gasteiger partial charge in [0.15, 0.2) is 0 Å². The zero-order valence-corrected chi connectivity index (χ0v) is 12.6. The fourth-order valence-electron chi connectivity index (χ4n) is 2.28. The predicted molar refractivity (Wildman–Crippen MR) is 84.5 cm³/mol. The van der Waals surface area contributed by atoms with Crippen LogP contribution in [0.15, 0.2) is 36.4 Å². The lowest BCUT2D eigenvalue weighted by Crippen LogP contribution is -2.45. The van der Waals surface area contributed by atoms with Crippen LogP contribution in [0, 0.1) is 11.6 Å². The Morgan fingerprint density at radius 2 is 1.81 bits per heavy atom. The second kappa shape index (κ2) is 5.75. The van der Waals surface area contributed by atoms with Crippen molar-refractivity contribution in [2.75, 3.05) is 0 Å². The smallest absolute Gasteiger partial charge is 0.142 e. The van der Waals surface area contributed by atoms with Crippen molar-refractivity contribution < 1.29 is 8.78 Å². The van der Waals surface area contributed by atoms with Gasteiger partial charge in [-0.05, 0) is 30.7 Å². The Morgan fingerprint density at radius 1 is 1.14 bits per heavy atom. The Kier molecular flexibility index (Phi) is 4.37. The van der Waals surface area contributed by atoms with Crippen molar-refractivity contribution >= 4 is 24.9 Å². The van der Waals surface area contributed by atoms with E-state index in [1.165, 1.54) is 18.2 Å². The molecule has 110 valence electrons. The summed E-state index contributed by atoms with van der Waals surface area (Å²) >= 11 is 5.65. The first-order chi connectivity index (χ1) is 9.73. The molecule has 0 fully saturated rings. The highest BCUT2D eigenvalue weighted by Crippen LogP contribution is 2.33. The third-order valence-electron chi connectivity index (χ3n) is 3.65. The Labute approximate surface area is 128 Å². The van der Waals surface area contributed by atoms with E-state index < -0.39 is 23.2 Å². The van der Waals surface area contributed by atoms with E-state index in [1.807, 2.05) is 0 Å². The summed E-state index contributed by atoms with van der Waals surface area (Å²) in [4.78, 5) is 0. The lowest BCUT2D eigenvalue weighted by Gasteiger charge is -2.33. The third kappa shape index (κ3) is 3.10. The molecule has 4 N–H and O–H groups in total. The fourth-order valence-corrected chi connectivity index (χ4v) is 2.39. The number of hydrogen-bond acceptors (Lipinski definition) is 2. The quantitative estimate of drug-likeness (QED) is 0.849. The summed E-state index contributed by atoms with van der Waals surface area (Å²) in [6.45, 7) is 1.62. The first-order valence-electron chi connectivity index (χ1n) is 6.49. The van der Waals surface area contributed by atoms with E-state index in [-0.39, 0.29) is 10.6 Å². The maximum Gasteiger partial charge on any atom is 0.142 e. The largest absolute Gasteiger partial charge is 0.322 e. The Morgan fingerprint density at radius 3 is 2.38 bits per heavy atom. The van der Waals surface area contributed by atoms with Gasteiger partial charge in [0.05, 0.1) is 16.6 Å². The molecular weight excluding hydrogens is 292 g/mol. The monoisotopic (exact) mass is 308 g/mol. The molecule has 0 spiro atoms. The van der Waals surface area contributed by atoms with E-state index in [1.54, 1.807) is 33.0 Å². The summed E-state index contributed by atoms with van der Waals surface area (Å²) in [6, 6.07) is 8.22. The molecule has 0 bridgehead atoms. The van der Waals surface area contributed by atoms with E-state index in [2.05, 4.69) is 0 Å². The van der Waals surface area contributed by atoms with E-state index >= 15 is 0 Å². The van der Waals surface area contributed by atoms with Gasteiger partial charge in [0.1, 0.15) is 19.5 Å². The number of hydrogen-bond donors (Lipinski definition) is 2. The molecular formula is C15H16BClF2N2. The minimum atomic E-state index is -1.18. The average molecular weight is 309 g/mol. The van der Waals surface area contributed by atoms with Crippen LogP contribution >= 0.6 is 11.6 Å². The van der Waals surface area contributed by atoms with Gasteiger partial charge >= 0.3 is 0 Å². The fraction of sp³-hybridized carbons (Fsp3) is 0.200. The maximum atomic E-state index is 14.1. The number of rotatable bonds is 3. The normalized spacial score (nSPS) is 15.5. The van der Waals surface area contributed by atoms with Crippen LogP contribution in [0.5, 0.6) is 0 Å². The average Bonchev–Trinajstić information content (AvgIpc) is 2.40. The molecule has 2 rings (SSSR count). The van der Waals surface area contributed by atoms with Crippen LogP contribution < -0.4 is 16.9 Å². The van der Waals surface area contributed by atoms with Crippen LogP contribution in [0.1, 0.15) is 24.1 Å². The first-order valence-corrected chi connectivity index (χ1v) is 6.87. The molecule has 0 radical (unpaired) electrons. The minimum absolute atomic E-state index is 0.00573. The highest BCUT2D eigenvalue weighted by molar-refractivity contribution is 6.32. The lowest BCUT2D eigenvalue weighted by molar-refractivity contribution is 0.378. The van der Waals surface area contributed by atoms with Crippen LogP contribution in [0.4, 0.5) is 8.78 Å². The van der Waals surface area contributed by atoms with Gasteiger partial charge < -0.3 is 11.5 Å². The van der Waals surface area contributed by atoms with Crippen LogP contribution in [0.3, 0.4) is 0 Å². The molecule has 2 aromatic rings. The predicted octanol–water partition coefficient (Wildman–Crippen LogP) is 1.75. The molecule has 6 heteroatoms. The lowest BCUT2D eigenvalue weighted by atomic mass is 9.80. The Balaban J connectivity index is 2.44. The minimum Gasteiger partial charge on any atom is -0.322 e. The SMILES string of the molecule is Bc1ccc(C(C)(N)C(N)c2ccc(Cl)c(F)c2)c(F)c1. The van der Waals surface area contributed by atoms with E-state index in [0.29, 0.717) is 5.56 Å². The number of nitrogens with two attached hydrogens (primary N) is 2. The molecule has 21 heavy (non-hydrogen) atoms. The summed E-state index contributed by atoms with van der Waals surface area (Å²) in [5, 5.41) is 0.00573. The van der Waals surface area contributed by atoms with Gasteiger partial charge in [-0.2, -0.15) is 0 Å². The molecule has 0 aliphatic carbocycles. The standard InChI is InChI=1S/C15H16BClF2N2/c1-15(21,10-4-3-9(16)7-12(10)18)14(20)8-2-5-11(17)13(19)6-8/h2-7,14H,16,20-21H2,1H3. The van der Waals surface area contributed by atoms with Gasteiger partial charge in [-0.15, -0.1) is 0 Å². The highest BCUT2D eigenvalue weighted by Gasteiger charge is 2.33. The summed E-state index contributed by atoms with van der Waals surface area (Å²) in [5.41, 5.74) is 12.7. The van der Waals surface area contributed by atoms with Crippen molar-refractivity contribution in [3.8, 4) is 0 Å². The maximum absolute atomic E-state index is 14.1.